The molecule has 5 heterocycles. The molecule has 44 heavy (non-hydrogen) atoms. The van der Waals surface area contributed by atoms with Gasteiger partial charge in [-0.15, -0.1) is 0 Å². The number of nitrogens with one attached hydrogen (secondary N) is 2. The molecule has 8 bridgehead atoms. The van der Waals surface area contributed by atoms with E-state index in [1.165, 1.54) is 0 Å². The lowest BCUT2D eigenvalue weighted by Gasteiger charge is -2.15. The van der Waals surface area contributed by atoms with Gasteiger partial charge in [0.05, 0.1) is 39.6 Å². The molecule has 1 unspecified atom stereocenters. The van der Waals surface area contributed by atoms with Crippen molar-refractivity contribution in [2.24, 2.45) is 9.98 Å². The fraction of sp³-hybridized carbons (Fsp3) is 0.111. The van der Waals surface area contributed by atoms with E-state index in [0.717, 1.165) is 16.5 Å². The number of aryl methyl sites for hydroxylation is 2. The maximum atomic E-state index is 13.2. The summed E-state index contributed by atoms with van der Waals surface area (Å²) in [6.07, 6.45) is 13.9. The molecule has 216 valence electrons. The predicted octanol–water partition coefficient (Wildman–Crippen LogP) is 4.61. The molecular formula is C36H28N4O4. The minimum atomic E-state index is -0.472. The minimum Gasteiger partial charge on any atom is -0.418 e. The van der Waals surface area contributed by atoms with E-state index in [1.54, 1.807) is 24.3 Å². The molecule has 7 rings (SSSR count). The van der Waals surface area contributed by atoms with Crippen molar-refractivity contribution < 1.29 is 19.1 Å². The number of carbonyl (C=O) groups excluding carboxylic acids is 2. The third kappa shape index (κ3) is 5.53. The zero-order chi connectivity index (χ0) is 30.2. The van der Waals surface area contributed by atoms with Crippen LogP contribution in [0.3, 0.4) is 0 Å². The number of carbonyl (C=O) groups is 2. The number of ether oxygens (including phenoxy) is 2. The highest BCUT2D eigenvalue weighted by Crippen LogP contribution is 2.28. The first-order valence-corrected chi connectivity index (χ1v) is 14.3. The molecule has 4 aliphatic rings. The first-order chi connectivity index (χ1) is 21.4. The van der Waals surface area contributed by atoms with Crippen molar-refractivity contribution >= 4 is 35.2 Å². The van der Waals surface area contributed by atoms with Gasteiger partial charge in [0.25, 0.3) is 0 Å². The Balaban J connectivity index is 1.30. The highest BCUT2D eigenvalue weighted by atomic mass is 16.5. The molecule has 4 aliphatic heterocycles. The number of hydrogen-bond donors (Lipinski definition) is 2. The van der Waals surface area contributed by atoms with Crippen LogP contribution >= 0.6 is 0 Å². The van der Waals surface area contributed by atoms with Gasteiger partial charge in [-0.25, -0.2) is 19.6 Å². The van der Waals surface area contributed by atoms with E-state index in [9.17, 15) is 9.59 Å². The van der Waals surface area contributed by atoms with Gasteiger partial charge in [0, 0.05) is 5.35 Å². The second kappa shape index (κ2) is 11.1. The number of esters is 2. The molecule has 8 heteroatoms. The molecule has 0 aliphatic carbocycles. The lowest BCUT2D eigenvalue weighted by Crippen LogP contribution is -2.23. The van der Waals surface area contributed by atoms with Crippen LogP contribution < -0.4 is 16.0 Å². The van der Waals surface area contributed by atoms with Crippen LogP contribution in [0.2, 0.25) is 0 Å². The van der Waals surface area contributed by atoms with Gasteiger partial charge < -0.3 is 19.8 Å². The van der Waals surface area contributed by atoms with Gasteiger partial charge in [-0.05, 0) is 93.1 Å². The van der Waals surface area contributed by atoms with Crippen LogP contribution in [0.25, 0.3) is 11.8 Å². The van der Waals surface area contributed by atoms with E-state index in [-0.39, 0.29) is 6.04 Å². The predicted molar refractivity (Wildman–Crippen MR) is 169 cm³/mol. The number of benzene rings is 2. The first-order valence-electron chi connectivity index (χ1n) is 14.3. The lowest BCUT2D eigenvalue weighted by atomic mass is 10.1. The van der Waals surface area contributed by atoms with Crippen LogP contribution in [-0.4, -0.2) is 34.4 Å². The molecular weight excluding hydrogens is 552 g/mol. The number of aromatic nitrogens is 1. The van der Waals surface area contributed by atoms with Gasteiger partial charge in [-0.3, -0.25) is 0 Å². The molecule has 0 spiro atoms. The van der Waals surface area contributed by atoms with Crippen molar-refractivity contribution in [3.63, 3.8) is 0 Å². The Labute approximate surface area is 253 Å². The Morgan fingerprint density at radius 1 is 0.773 bits per heavy atom. The van der Waals surface area contributed by atoms with E-state index in [1.807, 2.05) is 92.8 Å². The third-order valence-electron chi connectivity index (χ3n) is 7.54. The Morgan fingerprint density at radius 3 is 2.16 bits per heavy atom. The van der Waals surface area contributed by atoms with E-state index < -0.39 is 11.9 Å². The smallest absolute Gasteiger partial charge is 0.343 e. The molecule has 0 saturated heterocycles. The number of allylic oxidation sites excluding steroid dienone is 3. The molecule has 2 N–H and O–H groups in total. The largest absolute Gasteiger partial charge is 0.418 e. The van der Waals surface area contributed by atoms with Gasteiger partial charge in [0.2, 0.25) is 0 Å². The van der Waals surface area contributed by atoms with Crippen LogP contribution in [0, 0.1) is 13.8 Å². The van der Waals surface area contributed by atoms with Crippen LogP contribution in [0.15, 0.2) is 130 Å². The van der Waals surface area contributed by atoms with Gasteiger partial charge in [-0.1, -0.05) is 41.5 Å². The van der Waals surface area contributed by atoms with E-state index in [4.69, 9.17) is 19.5 Å². The number of hydrogen-bond acceptors (Lipinski definition) is 7. The summed E-state index contributed by atoms with van der Waals surface area (Å²) < 4.78 is 11.9. The van der Waals surface area contributed by atoms with Crippen molar-refractivity contribution in [1.82, 2.24) is 10.3 Å². The zero-order valence-electron chi connectivity index (χ0n) is 24.1. The fourth-order valence-electron chi connectivity index (χ4n) is 5.18. The van der Waals surface area contributed by atoms with Gasteiger partial charge in [-0.2, -0.15) is 0 Å². The molecule has 0 radical (unpaired) electrons. The highest BCUT2D eigenvalue weighted by Gasteiger charge is 2.26. The van der Waals surface area contributed by atoms with E-state index >= 15 is 0 Å². The molecule has 0 saturated carbocycles. The summed E-state index contributed by atoms with van der Waals surface area (Å²) in [4.78, 5) is 39.2. The third-order valence-corrected chi connectivity index (χ3v) is 7.54. The van der Waals surface area contributed by atoms with E-state index in [2.05, 4.69) is 10.3 Å². The standard InChI is InChI=1S/C36H28N4O4/c1-21-3-7-23(8-4-21)35(41)43-33-29-15-11-25(37-29)19-27-13-17-31(39-27)34(44-36(42)24-9-5-22(2)6-10-24)32-18-14-28(40-32)20-26-12-16-30(33)38-26/h3-13,15-20,28,37,40H,14H2,1-2H3/b25-19-,26-20-,33-29+,34-31+. The van der Waals surface area contributed by atoms with Crippen molar-refractivity contribution in [1.29, 1.82) is 0 Å². The Morgan fingerprint density at radius 2 is 1.45 bits per heavy atom. The molecule has 0 fully saturated rings. The van der Waals surface area contributed by atoms with Crippen molar-refractivity contribution in [3.05, 3.63) is 153 Å². The SMILES string of the molecule is Cc1ccc(C(=O)O/C2=C3\C=CC(=N3)/C=c3/cc/c([nH]3)=C(\OC(=O)c3ccc(C)cc3)C3=N/C(=C\C4CC=C2N4)C=C3)cc1. The summed E-state index contributed by atoms with van der Waals surface area (Å²) in [6.45, 7) is 3.93. The maximum absolute atomic E-state index is 13.2. The van der Waals surface area contributed by atoms with Crippen LogP contribution in [0.5, 0.6) is 0 Å². The quantitative estimate of drug-likeness (QED) is 0.439. The second-order valence-electron chi connectivity index (χ2n) is 10.9. The van der Waals surface area contributed by atoms with Crippen LogP contribution in [0.1, 0.15) is 38.3 Å². The summed E-state index contributed by atoms with van der Waals surface area (Å²) in [5.74, 6) is -0.243. The number of fused-ring (bicyclic) bond motifs is 6. The molecule has 1 atom stereocenters. The number of rotatable bonds is 4. The Bertz CT molecular complexity index is 2050. The van der Waals surface area contributed by atoms with Gasteiger partial charge >= 0.3 is 11.9 Å². The highest BCUT2D eigenvalue weighted by molar-refractivity contribution is 6.25. The Hall–Kier alpha value is -5.76. The maximum Gasteiger partial charge on any atom is 0.343 e. The average Bonchev–Trinajstić information content (AvgIpc) is 3.84. The summed E-state index contributed by atoms with van der Waals surface area (Å²) in [5, 5.41) is 4.80. The van der Waals surface area contributed by atoms with Gasteiger partial charge in [0.1, 0.15) is 11.4 Å². The number of H-pyrrole nitrogens is 1. The van der Waals surface area contributed by atoms with Crippen molar-refractivity contribution in [2.75, 3.05) is 0 Å². The average molecular weight is 581 g/mol. The summed E-state index contributed by atoms with van der Waals surface area (Å²) in [5.41, 5.74) is 6.13. The topological polar surface area (TPSA) is 105 Å². The fourth-order valence-corrected chi connectivity index (χ4v) is 5.18. The monoisotopic (exact) mass is 580 g/mol. The first kappa shape index (κ1) is 27.1. The summed E-state index contributed by atoms with van der Waals surface area (Å²) in [7, 11) is 0. The normalized spacial score (nSPS) is 23.0. The summed E-state index contributed by atoms with van der Waals surface area (Å²) in [6, 6.07) is 18.1. The van der Waals surface area contributed by atoms with Crippen molar-refractivity contribution in [3.8, 4) is 0 Å². The number of aliphatic imine (C=N–C) groups is 2. The van der Waals surface area contributed by atoms with Crippen molar-refractivity contribution in [2.45, 2.75) is 26.3 Å². The summed E-state index contributed by atoms with van der Waals surface area (Å²) >= 11 is 0. The number of aromatic amines is 1. The van der Waals surface area contributed by atoms with Crippen LogP contribution in [-0.2, 0) is 9.47 Å². The minimum absolute atomic E-state index is 0.106. The molecule has 0 amide bonds. The molecule has 1 aromatic heterocycles. The van der Waals surface area contributed by atoms with E-state index in [0.29, 0.717) is 62.9 Å². The Kier molecular flexibility index (Phi) is 6.86. The molecule has 2 aromatic carbocycles. The number of nitrogens with zero attached hydrogens (tertiary/aromatic N) is 2. The zero-order valence-corrected chi connectivity index (χ0v) is 24.1. The molecule has 8 nitrogen and oxygen atoms in total. The molecule has 3 aromatic rings. The van der Waals surface area contributed by atoms with Gasteiger partial charge in [0.15, 0.2) is 11.5 Å². The lowest BCUT2D eigenvalue weighted by molar-refractivity contribution is 0.0626. The van der Waals surface area contributed by atoms with Crippen LogP contribution in [0.4, 0.5) is 0 Å². The second-order valence-corrected chi connectivity index (χ2v) is 10.9.